The van der Waals surface area contributed by atoms with Crippen molar-refractivity contribution in [2.45, 2.75) is 17.8 Å². The number of nitrogens with one attached hydrogen (secondary N) is 1. The number of nitrogens with two attached hydrogens (primary N) is 1. The lowest BCUT2D eigenvalue weighted by molar-refractivity contribution is -0.288. The van der Waals surface area contributed by atoms with Crippen LogP contribution in [-0.2, 0) is 15.0 Å². The van der Waals surface area contributed by atoms with Crippen molar-refractivity contribution in [3.63, 3.8) is 0 Å². The van der Waals surface area contributed by atoms with Crippen LogP contribution in [-0.4, -0.2) is 57.5 Å². The van der Waals surface area contributed by atoms with Gasteiger partial charge in [0, 0.05) is 6.08 Å². The lowest BCUT2D eigenvalue weighted by Gasteiger charge is -2.38. The molecule has 0 aliphatic carbocycles. The minimum Gasteiger partial charge on any atom is -0.506 e. The van der Waals surface area contributed by atoms with Gasteiger partial charge < -0.3 is 26.4 Å². The number of nitrogens with zero attached hydrogens (tertiary/aromatic N) is 1. The molecule has 8 nitrogen and oxygen atoms in total. The van der Waals surface area contributed by atoms with Crippen LogP contribution in [0.2, 0.25) is 0 Å². The summed E-state index contributed by atoms with van der Waals surface area (Å²) in [5.41, 5.74) is -4.04. The van der Waals surface area contributed by atoms with Crippen LogP contribution in [0.3, 0.4) is 0 Å². The standard InChI is InChI=1S/C21H17F6N3O5/c22-20(23,24)19(21(25,26)27,10-1-3-15(32)12(28)7-10)11-2-4-16(33)13(8-11)29-14-9-17(34)30(5-6-31)18(14)35/h1-4,7-9,29,31-33H,5-6,28H2. The van der Waals surface area contributed by atoms with Crippen LogP contribution in [0, 0.1) is 0 Å². The lowest BCUT2D eigenvalue weighted by Crippen LogP contribution is -2.54. The number of phenolic OH excluding ortho intramolecular Hbond substituents is 2. The Hall–Kier alpha value is -3.94. The third-order valence-electron chi connectivity index (χ3n) is 5.34. The highest BCUT2D eigenvalue weighted by molar-refractivity contribution is 6.17. The highest BCUT2D eigenvalue weighted by atomic mass is 19.4. The second-order valence-corrected chi connectivity index (χ2v) is 7.45. The maximum Gasteiger partial charge on any atom is 0.411 e. The zero-order valence-corrected chi connectivity index (χ0v) is 17.4. The molecule has 2 aromatic rings. The first-order chi connectivity index (χ1) is 16.1. The molecule has 188 valence electrons. The fourth-order valence-corrected chi connectivity index (χ4v) is 3.69. The summed E-state index contributed by atoms with van der Waals surface area (Å²) in [6.45, 7) is -0.992. The van der Waals surface area contributed by atoms with Crippen LogP contribution >= 0.6 is 0 Å². The van der Waals surface area contributed by atoms with E-state index in [-0.39, 0.29) is 0 Å². The fourth-order valence-electron chi connectivity index (χ4n) is 3.69. The number of aromatic hydroxyl groups is 2. The predicted molar refractivity (Wildman–Crippen MR) is 109 cm³/mol. The number of nitrogen functional groups attached to an aromatic ring is 1. The van der Waals surface area contributed by atoms with Crippen LogP contribution in [0.5, 0.6) is 11.5 Å². The molecule has 1 aliphatic heterocycles. The molecular formula is C21H17F6N3O5. The van der Waals surface area contributed by atoms with E-state index in [0.29, 0.717) is 47.4 Å². The number of halogens is 6. The number of carbonyl (C=O) groups is 2. The fraction of sp³-hybridized carbons (Fsp3) is 0.238. The molecule has 14 heteroatoms. The molecule has 0 spiro atoms. The molecule has 0 aromatic heterocycles. The van der Waals surface area contributed by atoms with E-state index in [1.165, 1.54) is 0 Å². The van der Waals surface area contributed by atoms with E-state index in [9.17, 15) is 46.1 Å². The largest absolute Gasteiger partial charge is 0.506 e. The molecule has 0 atom stereocenters. The first-order valence-electron chi connectivity index (χ1n) is 9.66. The summed E-state index contributed by atoms with van der Waals surface area (Å²) in [6.07, 6.45) is -11.3. The number of phenols is 2. The van der Waals surface area contributed by atoms with Crippen molar-refractivity contribution in [3.8, 4) is 11.5 Å². The Labute approximate surface area is 192 Å². The summed E-state index contributed by atoms with van der Waals surface area (Å²) in [7, 11) is 0. The topological polar surface area (TPSA) is 136 Å². The molecule has 0 fully saturated rings. The Morgan fingerprint density at radius 2 is 1.43 bits per heavy atom. The zero-order chi connectivity index (χ0) is 26.3. The van der Waals surface area contributed by atoms with Gasteiger partial charge in [0.2, 0.25) is 5.41 Å². The first-order valence-corrected chi connectivity index (χ1v) is 9.66. The molecule has 0 saturated carbocycles. The van der Waals surface area contributed by atoms with E-state index in [4.69, 9.17) is 10.8 Å². The third kappa shape index (κ3) is 4.20. The van der Waals surface area contributed by atoms with Gasteiger partial charge in [0.1, 0.15) is 17.2 Å². The average molecular weight is 505 g/mol. The van der Waals surface area contributed by atoms with Crippen LogP contribution in [0.1, 0.15) is 11.1 Å². The van der Waals surface area contributed by atoms with Crippen molar-refractivity contribution < 1.29 is 51.3 Å². The van der Waals surface area contributed by atoms with Gasteiger partial charge in [-0.05, 0) is 35.4 Å². The molecule has 0 saturated heterocycles. The minimum atomic E-state index is -5.99. The lowest BCUT2D eigenvalue weighted by atomic mass is 9.72. The van der Waals surface area contributed by atoms with Gasteiger partial charge in [0.25, 0.3) is 11.8 Å². The van der Waals surface area contributed by atoms with Crippen molar-refractivity contribution >= 4 is 23.2 Å². The number of aliphatic hydroxyl groups excluding tert-OH is 1. The number of aliphatic hydroxyl groups is 1. The highest BCUT2D eigenvalue weighted by Crippen LogP contribution is 2.57. The van der Waals surface area contributed by atoms with Gasteiger partial charge >= 0.3 is 12.4 Å². The number of hydrogen-bond acceptors (Lipinski definition) is 7. The van der Waals surface area contributed by atoms with Crippen molar-refractivity contribution in [2.75, 3.05) is 24.2 Å². The molecule has 6 N–H and O–H groups in total. The molecule has 2 amide bonds. The number of rotatable bonds is 6. The second-order valence-electron chi connectivity index (χ2n) is 7.45. The SMILES string of the molecule is Nc1cc(C(c2ccc(O)c(NC3=CC(=O)N(CCO)C3=O)c2)(C(F)(F)F)C(F)(F)F)ccc1O. The van der Waals surface area contributed by atoms with E-state index >= 15 is 0 Å². The number of anilines is 2. The molecule has 0 bridgehead atoms. The van der Waals surface area contributed by atoms with Crippen molar-refractivity contribution in [3.05, 3.63) is 59.3 Å². The van der Waals surface area contributed by atoms with E-state index in [0.717, 1.165) is 0 Å². The molecule has 2 aromatic carbocycles. The van der Waals surface area contributed by atoms with E-state index in [1.54, 1.807) is 0 Å². The van der Waals surface area contributed by atoms with Gasteiger partial charge in [-0.1, -0.05) is 12.1 Å². The summed E-state index contributed by atoms with van der Waals surface area (Å²) in [4.78, 5) is 24.8. The summed E-state index contributed by atoms with van der Waals surface area (Å²) in [5.74, 6) is -3.46. The van der Waals surface area contributed by atoms with E-state index in [1.807, 2.05) is 0 Å². The normalized spacial score (nSPS) is 14.9. The number of benzene rings is 2. The van der Waals surface area contributed by atoms with Gasteiger partial charge in [-0.3, -0.25) is 14.5 Å². The predicted octanol–water partition coefficient (Wildman–Crippen LogP) is 2.75. The molecule has 0 unspecified atom stereocenters. The number of hydrogen-bond donors (Lipinski definition) is 5. The summed E-state index contributed by atoms with van der Waals surface area (Å²) < 4.78 is 85.9. The van der Waals surface area contributed by atoms with Crippen LogP contribution in [0.25, 0.3) is 0 Å². The van der Waals surface area contributed by atoms with Gasteiger partial charge in [-0.25, -0.2) is 0 Å². The number of alkyl halides is 6. The Balaban J connectivity index is 2.21. The summed E-state index contributed by atoms with van der Waals surface area (Å²) in [5, 5.41) is 30.7. The van der Waals surface area contributed by atoms with E-state index < -0.39 is 82.4 Å². The number of β-amino-alcohol motifs (C(OH)–C–C–N with tert-alkyl or cyclic N) is 1. The highest BCUT2D eigenvalue weighted by Gasteiger charge is 2.72. The summed E-state index contributed by atoms with van der Waals surface area (Å²) >= 11 is 0. The van der Waals surface area contributed by atoms with Crippen LogP contribution in [0.15, 0.2) is 48.2 Å². The number of imide groups is 1. The maximum atomic E-state index is 14.3. The molecule has 0 radical (unpaired) electrons. The van der Waals surface area contributed by atoms with Crippen molar-refractivity contribution in [2.24, 2.45) is 0 Å². The Morgan fingerprint density at radius 1 is 0.886 bits per heavy atom. The van der Waals surface area contributed by atoms with Crippen molar-refractivity contribution in [1.29, 1.82) is 0 Å². The monoisotopic (exact) mass is 505 g/mol. The summed E-state index contributed by atoms with van der Waals surface area (Å²) in [6, 6.07) is 2.64. The van der Waals surface area contributed by atoms with Gasteiger partial charge in [-0.15, -0.1) is 0 Å². The molecule has 1 heterocycles. The van der Waals surface area contributed by atoms with Crippen LogP contribution in [0.4, 0.5) is 37.7 Å². The molecule has 3 rings (SSSR count). The van der Waals surface area contributed by atoms with Crippen molar-refractivity contribution in [1.82, 2.24) is 4.90 Å². The molecule has 1 aliphatic rings. The van der Waals surface area contributed by atoms with E-state index in [2.05, 4.69) is 5.32 Å². The Kier molecular flexibility index (Phi) is 6.37. The average Bonchev–Trinajstić information content (AvgIpc) is 2.99. The first kappa shape index (κ1) is 25.7. The van der Waals surface area contributed by atoms with Gasteiger partial charge in [0.05, 0.1) is 24.5 Å². The Bertz CT molecular complexity index is 1190. The second kappa shape index (κ2) is 8.69. The van der Waals surface area contributed by atoms with Gasteiger partial charge in [-0.2, -0.15) is 26.3 Å². The number of carbonyl (C=O) groups excluding carboxylic acids is 2. The third-order valence-corrected chi connectivity index (χ3v) is 5.34. The van der Waals surface area contributed by atoms with Crippen LogP contribution < -0.4 is 11.1 Å². The quantitative estimate of drug-likeness (QED) is 0.176. The van der Waals surface area contributed by atoms with Gasteiger partial charge in [0.15, 0.2) is 0 Å². The minimum absolute atomic E-state index is 0.338. The maximum absolute atomic E-state index is 14.3. The molecule has 35 heavy (non-hydrogen) atoms. The Morgan fingerprint density at radius 3 is 1.94 bits per heavy atom. The zero-order valence-electron chi connectivity index (χ0n) is 17.4. The molecular weight excluding hydrogens is 488 g/mol. The number of amides is 2. The smallest absolute Gasteiger partial charge is 0.411 e.